The fraction of sp³-hybridized carbons (Fsp3) is 0.364. The average Bonchev–Trinajstić information content (AvgIpc) is 3.55. The van der Waals surface area contributed by atoms with Crippen LogP contribution in [0.2, 0.25) is 0 Å². The fourth-order valence-corrected chi connectivity index (χ4v) is 4.16. The van der Waals surface area contributed by atoms with Gasteiger partial charge in [0.2, 0.25) is 0 Å². The summed E-state index contributed by atoms with van der Waals surface area (Å²) in [4.78, 5) is 14.4. The molecule has 5 nitrogen and oxygen atoms in total. The van der Waals surface area contributed by atoms with Gasteiger partial charge in [0.15, 0.2) is 11.6 Å². The van der Waals surface area contributed by atoms with Crippen molar-refractivity contribution in [3.05, 3.63) is 58.3 Å². The molecule has 7 heteroatoms. The van der Waals surface area contributed by atoms with Gasteiger partial charge in [-0.25, -0.2) is 14.4 Å². The van der Waals surface area contributed by atoms with E-state index in [0.717, 1.165) is 58.9 Å². The molecule has 1 aromatic heterocycles. The van der Waals surface area contributed by atoms with Gasteiger partial charge < -0.3 is 10.2 Å². The van der Waals surface area contributed by atoms with E-state index < -0.39 is 0 Å². The summed E-state index contributed by atoms with van der Waals surface area (Å²) in [5, 5.41) is 3.55. The molecule has 1 aliphatic carbocycles. The predicted molar refractivity (Wildman–Crippen MR) is 118 cm³/mol. The lowest BCUT2D eigenvalue weighted by molar-refractivity contribution is 0.246. The molecule has 1 saturated heterocycles. The Hall–Kier alpha value is -2.25. The third-order valence-electron chi connectivity index (χ3n) is 5.54. The van der Waals surface area contributed by atoms with E-state index >= 15 is 0 Å². The van der Waals surface area contributed by atoms with Crippen LogP contribution in [0.15, 0.2) is 46.9 Å². The zero-order valence-electron chi connectivity index (χ0n) is 16.1. The number of benzene rings is 2. The molecule has 2 aliphatic rings. The second-order valence-corrected chi connectivity index (χ2v) is 8.72. The molecule has 3 aromatic rings. The number of rotatable bonds is 5. The largest absolute Gasteiger partial charge is 0.364 e. The van der Waals surface area contributed by atoms with Gasteiger partial charge in [0.1, 0.15) is 5.82 Å². The van der Waals surface area contributed by atoms with Gasteiger partial charge in [-0.05, 0) is 43.2 Å². The molecule has 0 amide bonds. The lowest BCUT2D eigenvalue weighted by Gasteiger charge is -2.36. The average molecular weight is 456 g/mol. The molecule has 0 unspecified atom stereocenters. The molecule has 0 bridgehead atoms. The number of nitrogens with one attached hydrogen (secondary N) is 1. The summed E-state index contributed by atoms with van der Waals surface area (Å²) in [6.07, 6.45) is 2.39. The van der Waals surface area contributed by atoms with Gasteiger partial charge in [0.05, 0.1) is 11.0 Å². The monoisotopic (exact) mass is 455 g/mol. The number of anilines is 2. The standard InChI is InChI=1S/C22H23BrFN5/c23-16-5-8-18(24)15(13-16)14-28-9-11-29(12-10-28)22-21(25-17-6-7-17)26-19-3-1-2-4-20(19)27-22/h1-5,8,13,17H,6-7,9-12,14H2,(H,25,26). The first-order chi connectivity index (χ1) is 14.2. The molecule has 2 heterocycles. The van der Waals surface area contributed by atoms with Crippen LogP contribution in [-0.4, -0.2) is 47.1 Å². The number of piperazine rings is 1. The Morgan fingerprint density at radius 1 is 1.00 bits per heavy atom. The minimum absolute atomic E-state index is 0.146. The first kappa shape index (κ1) is 18.8. The topological polar surface area (TPSA) is 44.3 Å². The van der Waals surface area contributed by atoms with Crippen LogP contribution < -0.4 is 10.2 Å². The normalized spacial score (nSPS) is 17.7. The highest BCUT2D eigenvalue weighted by molar-refractivity contribution is 9.10. The van der Waals surface area contributed by atoms with Crippen molar-refractivity contribution in [1.82, 2.24) is 14.9 Å². The van der Waals surface area contributed by atoms with E-state index in [4.69, 9.17) is 9.97 Å². The van der Waals surface area contributed by atoms with Crippen LogP contribution in [0.5, 0.6) is 0 Å². The van der Waals surface area contributed by atoms with Crippen molar-refractivity contribution in [2.24, 2.45) is 0 Å². The van der Waals surface area contributed by atoms with Crippen LogP contribution in [0.4, 0.5) is 16.0 Å². The van der Waals surface area contributed by atoms with Crippen LogP contribution in [0.3, 0.4) is 0 Å². The third-order valence-corrected chi connectivity index (χ3v) is 6.04. The smallest absolute Gasteiger partial charge is 0.172 e. The van der Waals surface area contributed by atoms with Crippen LogP contribution in [0.25, 0.3) is 11.0 Å². The molecule has 150 valence electrons. The van der Waals surface area contributed by atoms with E-state index in [9.17, 15) is 4.39 Å². The van der Waals surface area contributed by atoms with E-state index in [2.05, 4.69) is 31.0 Å². The van der Waals surface area contributed by atoms with Gasteiger partial charge >= 0.3 is 0 Å². The van der Waals surface area contributed by atoms with Gasteiger partial charge in [-0.15, -0.1) is 0 Å². The van der Waals surface area contributed by atoms with Crippen molar-refractivity contribution in [2.45, 2.75) is 25.4 Å². The zero-order valence-corrected chi connectivity index (χ0v) is 17.7. The maximum Gasteiger partial charge on any atom is 0.172 e. The Kier molecular flexibility index (Phi) is 5.09. The van der Waals surface area contributed by atoms with E-state index in [1.54, 1.807) is 6.07 Å². The number of hydrogen-bond donors (Lipinski definition) is 1. The first-order valence-electron chi connectivity index (χ1n) is 10.1. The minimum Gasteiger partial charge on any atom is -0.364 e. The molecule has 2 aromatic carbocycles. The van der Waals surface area contributed by atoms with E-state index in [1.807, 2.05) is 30.3 Å². The molecule has 1 aliphatic heterocycles. The molecule has 0 atom stereocenters. The SMILES string of the molecule is Fc1ccc(Br)cc1CN1CCN(c2nc3ccccc3nc2NC2CC2)CC1. The minimum atomic E-state index is -0.146. The maximum atomic E-state index is 14.1. The summed E-state index contributed by atoms with van der Waals surface area (Å²) < 4.78 is 15.0. The molecule has 2 fully saturated rings. The Morgan fingerprint density at radius 2 is 1.72 bits per heavy atom. The van der Waals surface area contributed by atoms with Crippen molar-refractivity contribution in [2.75, 3.05) is 36.4 Å². The molecule has 29 heavy (non-hydrogen) atoms. The number of nitrogens with zero attached hydrogens (tertiary/aromatic N) is 4. The fourth-order valence-electron chi connectivity index (χ4n) is 3.75. The van der Waals surface area contributed by atoms with Crippen molar-refractivity contribution >= 4 is 38.6 Å². The van der Waals surface area contributed by atoms with Crippen LogP contribution in [0, 0.1) is 5.82 Å². The number of fused-ring (bicyclic) bond motifs is 1. The van der Waals surface area contributed by atoms with E-state index in [0.29, 0.717) is 12.6 Å². The highest BCUT2D eigenvalue weighted by atomic mass is 79.9. The summed E-state index contributed by atoms with van der Waals surface area (Å²) in [5.74, 6) is 1.67. The van der Waals surface area contributed by atoms with E-state index in [-0.39, 0.29) is 5.82 Å². The Balaban J connectivity index is 1.33. The Labute approximate surface area is 178 Å². The quantitative estimate of drug-likeness (QED) is 0.616. The summed E-state index contributed by atoms with van der Waals surface area (Å²) in [6.45, 7) is 4.05. The first-order valence-corrected chi connectivity index (χ1v) is 10.9. The molecule has 0 radical (unpaired) electrons. The lowest BCUT2D eigenvalue weighted by atomic mass is 10.2. The summed E-state index contributed by atoms with van der Waals surface area (Å²) in [7, 11) is 0. The van der Waals surface area contributed by atoms with Gasteiger partial charge in [0, 0.05) is 48.8 Å². The van der Waals surface area contributed by atoms with Crippen LogP contribution in [-0.2, 0) is 6.54 Å². The molecule has 1 N–H and O–H groups in total. The second kappa shape index (κ2) is 7.88. The van der Waals surface area contributed by atoms with Crippen molar-refractivity contribution in [3.8, 4) is 0 Å². The van der Waals surface area contributed by atoms with Gasteiger partial charge in [-0.3, -0.25) is 4.90 Å². The second-order valence-electron chi connectivity index (χ2n) is 7.80. The summed E-state index contributed by atoms with van der Waals surface area (Å²) >= 11 is 3.44. The Bertz CT molecular complexity index is 1030. The molecule has 5 rings (SSSR count). The molecular weight excluding hydrogens is 433 g/mol. The van der Waals surface area contributed by atoms with Crippen molar-refractivity contribution in [1.29, 1.82) is 0 Å². The van der Waals surface area contributed by atoms with Crippen LogP contribution >= 0.6 is 15.9 Å². The highest BCUT2D eigenvalue weighted by Gasteiger charge is 2.27. The maximum absolute atomic E-state index is 14.1. The molecule has 1 saturated carbocycles. The van der Waals surface area contributed by atoms with Crippen LogP contribution in [0.1, 0.15) is 18.4 Å². The molecular formula is C22H23BrFN5. The summed E-state index contributed by atoms with van der Waals surface area (Å²) in [6, 6.07) is 13.7. The number of para-hydroxylation sites is 2. The lowest BCUT2D eigenvalue weighted by Crippen LogP contribution is -2.46. The Morgan fingerprint density at radius 3 is 2.45 bits per heavy atom. The van der Waals surface area contributed by atoms with Gasteiger partial charge in [0.25, 0.3) is 0 Å². The zero-order chi connectivity index (χ0) is 19.8. The van der Waals surface area contributed by atoms with Crippen molar-refractivity contribution in [3.63, 3.8) is 0 Å². The van der Waals surface area contributed by atoms with Gasteiger partial charge in [-0.1, -0.05) is 28.1 Å². The van der Waals surface area contributed by atoms with Crippen molar-refractivity contribution < 1.29 is 4.39 Å². The van der Waals surface area contributed by atoms with Gasteiger partial charge in [-0.2, -0.15) is 0 Å². The summed E-state index contributed by atoms with van der Waals surface area (Å²) in [5.41, 5.74) is 2.57. The predicted octanol–water partition coefficient (Wildman–Crippen LogP) is 4.43. The highest BCUT2D eigenvalue weighted by Crippen LogP contribution is 2.31. The third kappa shape index (κ3) is 4.21. The number of hydrogen-bond acceptors (Lipinski definition) is 5. The van der Waals surface area contributed by atoms with E-state index in [1.165, 1.54) is 18.9 Å². The number of halogens is 2. The number of aromatic nitrogens is 2. The molecule has 0 spiro atoms.